The third-order valence-corrected chi connectivity index (χ3v) is 4.04. The van der Waals surface area contributed by atoms with Gasteiger partial charge in [-0.3, -0.25) is 14.6 Å². The van der Waals surface area contributed by atoms with Gasteiger partial charge < -0.3 is 14.6 Å². The minimum atomic E-state index is -0.259. The lowest BCUT2D eigenvalue weighted by Crippen LogP contribution is -2.34. The molecule has 1 saturated heterocycles. The normalized spacial score (nSPS) is 17.8. The van der Waals surface area contributed by atoms with E-state index in [1.54, 1.807) is 30.1 Å². The second-order valence-electron chi connectivity index (χ2n) is 5.49. The minimum absolute atomic E-state index is 0.1000. The van der Waals surface area contributed by atoms with Crippen molar-refractivity contribution in [1.29, 1.82) is 0 Å². The van der Waals surface area contributed by atoms with Crippen molar-refractivity contribution >= 4 is 29.0 Å². The summed E-state index contributed by atoms with van der Waals surface area (Å²) in [4.78, 5) is 31.4. The molecule has 1 aliphatic rings. The predicted octanol–water partition coefficient (Wildman–Crippen LogP) is 1.84. The van der Waals surface area contributed by atoms with Crippen LogP contribution in [0.2, 0.25) is 0 Å². The molecule has 1 aliphatic heterocycles. The van der Waals surface area contributed by atoms with Gasteiger partial charge in [0.2, 0.25) is 0 Å². The van der Waals surface area contributed by atoms with Crippen LogP contribution in [-0.2, 0) is 4.74 Å². The highest BCUT2D eigenvalue weighted by Gasteiger charge is 2.21. The van der Waals surface area contributed by atoms with E-state index in [-0.39, 0.29) is 22.3 Å². The number of nitrogens with zero attached hydrogens (tertiary/aromatic N) is 1. The van der Waals surface area contributed by atoms with Gasteiger partial charge in [-0.2, -0.15) is 0 Å². The molecular weight excluding hydrogens is 302 g/mol. The van der Waals surface area contributed by atoms with E-state index in [1.807, 2.05) is 0 Å². The first-order valence-corrected chi connectivity index (χ1v) is 7.59. The van der Waals surface area contributed by atoms with Gasteiger partial charge in [0.05, 0.1) is 17.0 Å². The number of aromatic amines is 2. The van der Waals surface area contributed by atoms with Crippen molar-refractivity contribution in [1.82, 2.24) is 14.9 Å². The SMILES string of the molecule is CN(C[C@H]1CCCO1)C(=O)c1ccc2c(=O)[nH]c(=S)[nH]c2c1. The van der Waals surface area contributed by atoms with Gasteiger partial charge in [-0.1, -0.05) is 0 Å². The van der Waals surface area contributed by atoms with Crippen molar-refractivity contribution in [3.8, 4) is 0 Å². The molecule has 22 heavy (non-hydrogen) atoms. The number of ether oxygens (including phenoxy) is 1. The standard InChI is InChI=1S/C15H17N3O3S/c1-18(8-10-3-2-6-21-10)14(20)9-4-5-11-12(7-9)16-15(22)17-13(11)19/h4-5,7,10H,2-3,6,8H2,1H3,(H2,16,17,19,22)/t10-/m1/s1. The van der Waals surface area contributed by atoms with Crippen molar-refractivity contribution in [2.24, 2.45) is 0 Å². The molecule has 0 bridgehead atoms. The Bertz CT molecular complexity index is 821. The molecule has 0 radical (unpaired) electrons. The molecule has 0 saturated carbocycles. The summed E-state index contributed by atoms with van der Waals surface area (Å²) in [6.07, 6.45) is 2.14. The number of aromatic nitrogens is 2. The van der Waals surface area contributed by atoms with Gasteiger partial charge in [0, 0.05) is 25.8 Å². The van der Waals surface area contributed by atoms with Crippen molar-refractivity contribution in [3.05, 3.63) is 38.9 Å². The number of nitrogens with one attached hydrogen (secondary N) is 2. The fourth-order valence-electron chi connectivity index (χ4n) is 2.70. The molecule has 1 aromatic heterocycles. The van der Waals surface area contributed by atoms with Gasteiger partial charge in [0.25, 0.3) is 11.5 Å². The number of hydrogen-bond acceptors (Lipinski definition) is 4. The zero-order valence-corrected chi connectivity index (χ0v) is 13.0. The summed E-state index contributed by atoms with van der Waals surface area (Å²) in [5.74, 6) is -0.1000. The first-order valence-electron chi connectivity index (χ1n) is 7.18. The Kier molecular flexibility index (Phi) is 4.08. The Morgan fingerprint density at radius 3 is 3.00 bits per heavy atom. The zero-order chi connectivity index (χ0) is 15.7. The molecule has 0 spiro atoms. The number of carbonyl (C=O) groups is 1. The number of fused-ring (bicyclic) bond motifs is 1. The van der Waals surface area contributed by atoms with Crippen molar-refractivity contribution in [2.75, 3.05) is 20.2 Å². The average Bonchev–Trinajstić information content (AvgIpc) is 2.98. The van der Waals surface area contributed by atoms with Crippen LogP contribution < -0.4 is 5.56 Å². The number of rotatable bonds is 3. The summed E-state index contributed by atoms with van der Waals surface area (Å²) < 4.78 is 5.80. The quantitative estimate of drug-likeness (QED) is 0.846. The smallest absolute Gasteiger partial charge is 0.259 e. The van der Waals surface area contributed by atoms with Crippen molar-refractivity contribution < 1.29 is 9.53 Å². The monoisotopic (exact) mass is 319 g/mol. The maximum Gasteiger partial charge on any atom is 0.259 e. The fourth-order valence-corrected chi connectivity index (χ4v) is 2.90. The Morgan fingerprint density at radius 2 is 2.27 bits per heavy atom. The Hall–Kier alpha value is -1.99. The van der Waals surface area contributed by atoms with Gasteiger partial charge in [-0.25, -0.2) is 0 Å². The summed E-state index contributed by atoms with van der Waals surface area (Å²) in [5.41, 5.74) is 0.819. The third-order valence-electron chi connectivity index (χ3n) is 3.83. The predicted molar refractivity (Wildman–Crippen MR) is 85.7 cm³/mol. The number of hydrogen-bond donors (Lipinski definition) is 2. The van der Waals surface area contributed by atoms with Gasteiger partial charge in [-0.15, -0.1) is 0 Å². The molecule has 1 fully saturated rings. The van der Waals surface area contributed by atoms with Crippen LogP contribution in [0.15, 0.2) is 23.0 Å². The number of carbonyl (C=O) groups excluding carboxylic acids is 1. The first-order chi connectivity index (χ1) is 10.5. The van der Waals surface area contributed by atoms with E-state index in [9.17, 15) is 9.59 Å². The highest BCUT2D eigenvalue weighted by atomic mass is 32.1. The summed E-state index contributed by atoms with van der Waals surface area (Å²) >= 11 is 4.96. The lowest BCUT2D eigenvalue weighted by Gasteiger charge is -2.21. The van der Waals surface area contributed by atoms with E-state index in [2.05, 4.69) is 9.97 Å². The number of amides is 1. The first kappa shape index (κ1) is 14.9. The van der Waals surface area contributed by atoms with Gasteiger partial charge in [0.15, 0.2) is 4.77 Å². The van der Waals surface area contributed by atoms with Crippen LogP contribution in [0.5, 0.6) is 0 Å². The fraction of sp³-hybridized carbons (Fsp3) is 0.400. The Labute approximate surface area is 132 Å². The molecule has 1 aromatic carbocycles. The second kappa shape index (κ2) is 6.02. The third kappa shape index (κ3) is 2.95. The molecule has 0 unspecified atom stereocenters. The zero-order valence-electron chi connectivity index (χ0n) is 12.2. The molecule has 0 aliphatic carbocycles. The van der Waals surface area contributed by atoms with Crippen LogP contribution in [0.25, 0.3) is 10.9 Å². The minimum Gasteiger partial charge on any atom is -0.376 e. The average molecular weight is 319 g/mol. The van der Waals surface area contributed by atoms with E-state index in [0.29, 0.717) is 23.0 Å². The topological polar surface area (TPSA) is 78.2 Å². The van der Waals surface area contributed by atoms with Crippen LogP contribution >= 0.6 is 12.2 Å². The largest absolute Gasteiger partial charge is 0.376 e. The summed E-state index contributed by atoms with van der Waals surface area (Å²) in [5, 5.41) is 0.479. The van der Waals surface area contributed by atoms with Crippen molar-refractivity contribution in [3.63, 3.8) is 0 Å². The number of benzene rings is 1. The van der Waals surface area contributed by atoms with E-state index in [0.717, 1.165) is 19.4 Å². The van der Waals surface area contributed by atoms with Gasteiger partial charge in [-0.05, 0) is 43.3 Å². The van der Waals surface area contributed by atoms with E-state index in [4.69, 9.17) is 17.0 Å². The van der Waals surface area contributed by atoms with Gasteiger partial charge in [0.1, 0.15) is 0 Å². The van der Waals surface area contributed by atoms with Gasteiger partial charge >= 0.3 is 0 Å². The maximum absolute atomic E-state index is 12.5. The van der Waals surface area contributed by atoms with Crippen molar-refractivity contribution in [2.45, 2.75) is 18.9 Å². The molecule has 6 nitrogen and oxygen atoms in total. The Morgan fingerprint density at radius 1 is 1.45 bits per heavy atom. The van der Waals surface area contributed by atoms with E-state index in [1.165, 1.54) is 0 Å². The molecule has 3 rings (SSSR count). The van der Waals surface area contributed by atoms with Crippen LogP contribution in [0.4, 0.5) is 0 Å². The molecule has 2 heterocycles. The molecule has 7 heteroatoms. The molecule has 2 N–H and O–H groups in total. The summed E-state index contributed by atoms with van der Waals surface area (Å²) in [6.45, 7) is 1.34. The summed E-state index contributed by atoms with van der Waals surface area (Å²) in [7, 11) is 1.76. The van der Waals surface area contributed by atoms with Crippen LogP contribution in [0.3, 0.4) is 0 Å². The molecule has 1 atom stereocenters. The molecule has 2 aromatic rings. The number of likely N-dealkylation sites (N-methyl/N-ethyl adjacent to an activating group) is 1. The highest BCUT2D eigenvalue weighted by Crippen LogP contribution is 2.15. The van der Waals surface area contributed by atoms with Crippen LogP contribution in [0.1, 0.15) is 23.2 Å². The maximum atomic E-state index is 12.5. The lowest BCUT2D eigenvalue weighted by atomic mass is 10.1. The van der Waals surface area contributed by atoms with E-state index < -0.39 is 0 Å². The number of H-pyrrole nitrogens is 2. The lowest BCUT2D eigenvalue weighted by molar-refractivity contribution is 0.0587. The summed E-state index contributed by atoms with van der Waals surface area (Å²) in [6, 6.07) is 4.95. The van der Waals surface area contributed by atoms with E-state index >= 15 is 0 Å². The second-order valence-corrected chi connectivity index (χ2v) is 5.90. The van der Waals surface area contributed by atoms with Crippen LogP contribution in [0, 0.1) is 4.77 Å². The molecular formula is C15H17N3O3S. The highest BCUT2D eigenvalue weighted by molar-refractivity contribution is 7.71. The van der Waals surface area contributed by atoms with Crippen LogP contribution in [-0.4, -0.2) is 47.1 Å². The molecule has 116 valence electrons. The Balaban J connectivity index is 1.87. The molecule has 1 amide bonds.